The van der Waals surface area contributed by atoms with Gasteiger partial charge >= 0.3 is 5.69 Å². The zero-order chi connectivity index (χ0) is 21.8. The molecule has 9 nitrogen and oxygen atoms in total. The average Bonchev–Trinajstić information content (AvgIpc) is 3.42. The van der Waals surface area contributed by atoms with Crippen molar-refractivity contribution >= 4 is 5.78 Å². The van der Waals surface area contributed by atoms with Gasteiger partial charge in [0.1, 0.15) is 0 Å². The van der Waals surface area contributed by atoms with Crippen LogP contribution < -0.4 is 5.69 Å². The van der Waals surface area contributed by atoms with E-state index in [1.54, 1.807) is 33.5 Å². The van der Waals surface area contributed by atoms with E-state index in [0.717, 1.165) is 36.2 Å². The molecular formula is C22H23N7O2. The van der Waals surface area contributed by atoms with Crippen LogP contribution in [0.15, 0.2) is 53.6 Å². The van der Waals surface area contributed by atoms with Crippen LogP contribution in [0, 0.1) is 0 Å². The van der Waals surface area contributed by atoms with Crippen LogP contribution in [0.25, 0.3) is 17.1 Å². The zero-order valence-corrected chi connectivity index (χ0v) is 17.4. The Kier molecular flexibility index (Phi) is 5.83. The van der Waals surface area contributed by atoms with Crippen molar-refractivity contribution < 1.29 is 4.79 Å². The second-order valence-corrected chi connectivity index (χ2v) is 7.32. The van der Waals surface area contributed by atoms with E-state index in [1.807, 2.05) is 24.4 Å². The molecule has 3 aromatic heterocycles. The van der Waals surface area contributed by atoms with Gasteiger partial charge in [-0.3, -0.25) is 18.9 Å². The lowest BCUT2D eigenvalue weighted by Crippen LogP contribution is -2.26. The summed E-state index contributed by atoms with van der Waals surface area (Å²) in [7, 11) is 0. The topological polar surface area (TPSA) is 111 Å². The summed E-state index contributed by atoms with van der Waals surface area (Å²) in [6, 6.07) is 10.9. The highest BCUT2D eigenvalue weighted by Crippen LogP contribution is 2.17. The molecule has 0 saturated heterocycles. The SMILES string of the molecule is CCCCc1cn(-c2ccccc2C(C)=O)c(=O)n1Cc1ccc(-c2nnn[nH]2)cn1. The highest BCUT2D eigenvalue weighted by atomic mass is 16.2. The number of para-hydroxylation sites is 1. The first-order chi connectivity index (χ1) is 15.1. The minimum absolute atomic E-state index is 0.0791. The molecule has 158 valence electrons. The summed E-state index contributed by atoms with van der Waals surface area (Å²) >= 11 is 0. The highest BCUT2D eigenvalue weighted by molar-refractivity contribution is 5.97. The third kappa shape index (κ3) is 4.20. The van der Waals surface area contributed by atoms with E-state index in [0.29, 0.717) is 23.6 Å². The summed E-state index contributed by atoms with van der Waals surface area (Å²) in [5, 5.41) is 13.7. The Morgan fingerprint density at radius 3 is 2.68 bits per heavy atom. The number of nitrogens with zero attached hydrogens (tertiary/aromatic N) is 6. The molecule has 0 aliphatic rings. The minimum atomic E-state index is -0.190. The maximum absolute atomic E-state index is 13.3. The van der Waals surface area contributed by atoms with Gasteiger partial charge < -0.3 is 0 Å². The van der Waals surface area contributed by atoms with E-state index in [-0.39, 0.29) is 11.5 Å². The summed E-state index contributed by atoms with van der Waals surface area (Å²) in [4.78, 5) is 29.9. The van der Waals surface area contributed by atoms with Gasteiger partial charge in [0.15, 0.2) is 11.6 Å². The number of carbonyl (C=O) groups excluding carboxylic acids is 1. The minimum Gasteiger partial charge on any atom is -0.294 e. The lowest BCUT2D eigenvalue weighted by molar-refractivity contribution is 0.101. The van der Waals surface area contributed by atoms with Gasteiger partial charge in [0.05, 0.1) is 17.9 Å². The van der Waals surface area contributed by atoms with Crippen LogP contribution in [-0.4, -0.2) is 40.5 Å². The molecule has 0 radical (unpaired) electrons. The van der Waals surface area contributed by atoms with Crippen LogP contribution in [0.1, 0.15) is 48.4 Å². The number of nitrogens with one attached hydrogen (secondary N) is 1. The van der Waals surface area contributed by atoms with Crippen molar-refractivity contribution in [3.8, 4) is 17.1 Å². The van der Waals surface area contributed by atoms with E-state index in [9.17, 15) is 9.59 Å². The lowest BCUT2D eigenvalue weighted by Gasteiger charge is -2.07. The maximum Gasteiger partial charge on any atom is 0.333 e. The molecule has 1 aromatic carbocycles. The van der Waals surface area contributed by atoms with E-state index in [4.69, 9.17) is 0 Å². The van der Waals surface area contributed by atoms with Crippen molar-refractivity contribution in [1.29, 1.82) is 0 Å². The Hall–Kier alpha value is -3.88. The highest BCUT2D eigenvalue weighted by Gasteiger charge is 2.17. The molecule has 0 saturated carbocycles. The number of Topliss-reactive ketones (excluding diaryl/α,β-unsaturated/α-hetero) is 1. The van der Waals surface area contributed by atoms with Crippen molar-refractivity contribution in [2.75, 3.05) is 0 Å². The molecule has 9 heteroatoms. The smallest absolute Gasteiger partial charge is 0.294 e. The summed E-state index contributed by atoms with van der Waals surface area (Å²) in [6.45, 7) is 3.96. The predicted octanol–water partition coefficient (Wildman–Crippen LogP) is 2.81. The second-order valence-electron chi connectivity index (χ2n) is 7.32. The first-order valence-corrected chi connectivity index (χ1v) is 10.2. The third-order valence-electron chi connectivity index (χ3n) is 5.15. The van der Waals surface area contributed by atoms with Crippen LogP contribution in [0.5, 0.6) is 0 Å². The number of hydrogen-bond acceptors (Lipinski definition) is 6. The number of aromatic nitrogens is 7. The molecule has 4 rings (SSSR count). The first-order valence-electron chi connectivity index (χ1n) is 10.2. The Morgan fingerprint density at radius 1 is 1.16 bits per heavy atom. The molecular weight excluding hydrogens is 394 g/mol. The van der Waals surface area contributed by atoms with Crippen molar-refractivity contribution in [2.45, 2.75) is 39.7 Å². The monoisotopic (exact) mass is 417 g/mol. The number of rotatable bonds is 8. The molecule has 3 heterocycles. The number of ketones is 1. The van der Waals surface area contributed by atoms with E-state index in [2.05, 4.69) is 32.5 Å². The average molecular weight is 417 g/mol. The van der Waals surface area contributed by atoms with Crippen LogP contribution in [-0.2, 0) is 13.0 Å². The standard InChI is InChI=1S/C22H23N7O2/c1-3-4-7-18-14-29(20-9-6-5-8-19(20)15(2)30)22(31)28(18)13-17-11-10-16(12-23-17)21-24-26-27-25-21/h5-6,8-12,14H,3-4,7,13H2,1-2H3,(H,24,25,26,27). The van der Waals surface area contributed by atoms with Crippen molar-refractivity contribution in [3.05, 3.63) is 76.2 Å². The van der Waals surface area contributed by atoms with Crippen molar-refractivity contribution in [2.24, 2.45) is 0 Å². The molecule has 0 spiro atoms. The fourth-order valence-electron chi connectivity index (χ4n) is 3.51. The number of aryl methyl sites for hydroxylation is 1. The number of imidazole rings is 1. The molecule has 31 heavy (non-hydrogen) atoms. The van der Waals surface area contributed by atoms with E-state index < -0.39 is 0 Å². The normalized spacial score (nSPS) is 11.0. The van der Waals surface area contributed by atoms with E-state index >= 15 is 0 Å². The lowest BCUT2D eigenvalue weighted by atomic mass is 10.1. The van der Waals surface area contributed by atoms with Crippen LogP contribution >= 0.6 is 0 Å². The number of pyridine rings is 1. The van der Waals surface area contributed by atoms with Gasteiger partial charge in [0.2, 0.25) is 0 Å². The Morgan fingerprint density at radius 2 is 2.00 bits per heavy atom. The number of hydrogen-bond donors (Lipinski definition) is 1. The molecule has 4 aromatic rings. The van der Waals surface area contributed by atoms with Gasteiger partial charge in [-0.25, -0.2) is 9.89 Å². The molecule has 0 aliphatic heterocycles. The fraction of sp³-hybridized carbons (Fsp3) is 0.273. The quantitative estimate of drug-likeness (QED) is 0.441. The largest absolute Gasteiger partial charge is 0.333 e. The van der Waals surface area contributed by atoms with Gasteiger partial charge in [0.25, 0.3) is 0 Å². The maximum atomic E-state index is 13.3. The van der Waals surface area contributed by atoms with Crippen LogP contribution in [0.4, 0.5) is 0 Å². The number of H-pyrrole nitrogens is 1. The van der Waals surface area contributed by atoms with Gasteiger partial charge in [-0.15, -0.1) is 5.10 Å². The Labute approximate surface area is 178 Å². The summed E-state index contributed by atoms with van der Waals surface area (Å²) in [5.41, 5.74) is 3.35. The Bertz CT molecular complexity index is 1240. The first kappa shape index (κ1) is 20.4. The number of aromatic amines is 1. The van der Waals surface area contributed by atoms with E-state index in [1.165, 1.54) is 6.92 Å². The molecule has 0 bridgehead atoms. The third-order valence-corrected chi connectivity index (χ3v) is 5.15. The molecule has 0 aliphatic carbocycles. The number of benzene rings is 1. The van der Waals surface area contributed by atoms with Crippen LogP contribution in [0.2, 0.25) is 0 Å². The van der Waals surface area contributed by atoms with Gasteiger partial charge in [-0.2, -0.15) is 0 Å². The summed E-state index contributed by atoms with van der Waals surface area (Å²) < 4.78 is 3.29. The second kappa shape index (κ2) is 8.86. The van der Waals surface area contributed by atoms with Gasteiger partial charge in [0, 0.05) is 29.2 Å². The van der Waals surface area contributed by atoms with Crippen molar-refractivity contribution in [1.82, 2.24) is 34.7 Å². The van der Waals surface area contributed by atoms with Crippen molar-refractivity contribution in [3.63, 3.8) is 0 Å². The van der Waals surface area contributed by atoms with Gasteiger partial charge in [-0.1, -0.05) is 25.5 Å². The Balaban J connectivity index is 1.72. The zero-order valence-electron chi connectivity index (χ0n) is 17.4. The number of carbonyl (C=O) groups is 1. The number of tetrazole rings is 1. The predicted molar refractivity (Wildman–Crippen MR) is 115 cm³/mol. The number of unbranched alkanes of at least 4 members (excludes halogenated alkanes) is 1. The summed E-state index contributed by atoms with van der Waals surface area (Å²) in [6.07, 6.45) is 6.26. The molecule has 0 fully saturated rings. The van der Waals surface area contributed by atoms with Gasteiger partial charge in [-0.05, 0) is 54.5 Å². The van der Waals surface area contributed by atoms with Crippen LogP contribution in [0.3, 0.4) is 0 Å². The molecule has 0 atom stereocenters. The molecule has 0 unspecified atom stereocenters. The molecule has 0 amide bonds. The fourth-order valence-corrected chi connectivity index (χ4v) is 3.51. The molecule has 1 N–H and O–H groups in total. The summed E-state index contributed by atoms with van der Waals surface area (Å²) in [5.74, 6) is 0.455.